The molecule has 0 aliphatic heterocycles. The quantitative estimate of drug-likeness (QED) is 0.640. The number of thiol groups is 1. The van der Waals surface area contributed by atoms with Crippen molar-refractivity contribution in [1.29, 1.82) is 0 Å². The number of carboxylic acids is 1. The lowest BCUT2D eigenvalue weighted by Crippen LogP contribution is -2.46. The topological polar surface area (TPSA) is 102 Å². The lowest BCUT2D eigenvalue weighted by atomic mass is 9.94. The van der Waals surface area contributed by atoms with Crippen molar-refractivity contribution in [1.82, 2.24) is 4.98 Å². The third-order valence-corrected chi connectivity index (χ3v) is 3.78. The number of benzene rings is 1. The largest absolute Gasteiger partial charge is 0.480 e. The van der Waals surface area contributed by atoms with Gasteiger partial charge < -0.3 is 16.6 Å². The maximum Gasteiger partial charge on any atom is 0.323 e. The Morgan fingerprint density at radius 1 is 1.61 bits per heavy atom. The van der Waals surface area contributed by atoms with E-state index in [0.29, 0.717) is 10.0 Å². The molecule has 5 N–H and O–H groups in total. The molecule has 1 aromatic heterocycles. The van der Waals surface area contributed by atoms with E-state index in [1.807, 2.05) is 6.07 Å². The summed E-state index contributed by atoms with van der Waals surface area (Å²) < 4.78 is 0.885. The maximum atomic E-state index is 11.0. The number of fused-ring (bicyclic) bond motifs is 1. The Morgan fingerprint density at radius 2 is 2.28 bits per heavy atom. The van der Waals surface area contributed by atoms with Crippen LogP contribution in [-0.4, -0.2) is 21.6 Å². The summed E-state index contributed by atoms with van der Waals surface area (Å²) >= 11 is 5.68. The van der Waals surface area contributed by atoms with Gasteiger partial charge in [0.1, 0.15) is 5.54 Å². The summed E-state index contributed by atoms with van der Waals surface area (Å²) in [5.74, 6) is -1.04. The Bertz CT molecular complexity index is 622. The van der Waals surface area contributed by atoms with Crippen molar-refractivity contribution in [3.63, 3.8) is 0 Å². The first-order valence-electron chi connectivity index (χ1n) is 5.20. The van der Waals surface area contributed by atoms with Crippen LogP contribution in [0.5, 0.6) is 0 Å². The summed E-state index contributed by atoms with van der Waals surface area (Å²) in [5, 5.41) is 9.48. The van der Waals surface area contributed by atoms with Gasteiger partial charge in [-0.15, -0.1) is 12.6 Å². The zero-order valence-electron chi connectivity index (χ0n) is 9.67. The van der Waals surface area contributed by atoms with Gasteiger partial charge in [-0.1, -0.05) is 11.3 Å². The second kappa shape index (κ2) is 4.42. The fraction of sp³-hybridized carbons (Fsp3) is 0.273. The van der Waals surface area contributed by atoms with E-state index in [2.05, 4.69) is 17.6 Å². The predicted molar refractivity (Wildman–Crippen MR) is 75.2 cm³/mol. The molecule has 1 heterocycles. The number of aromatic nitrogens is 1. The molecule has 0 saturated heterocycles. The Morgan fingerprint density at radius 3 is 2.89 bits per heavy atom. The first-order chi connectivity index (χ1) is 8.29. The van der Waals surface area contributed by atoms with Gasteiger partial charge in [-0.25, -0.2) is 4.98 Å². The van der Waals surface area contributed by atoms with Crippen molar-refractivity contribution < 1.29 is 9.90 Å². The van der Waals surface area contributed by atoms with Gasteiger partial charge in [-0.2, -0.15) is 0 Å². The summed E-state index contributed by atoms with van der Waals surface area (Å²) in [7, 11) is 0. The van der Waals surface area contributed by atoms with Crippen LogP contribution in [0.3, 0.4) is 0 Å². The van der Waals surface area contributed by atoms with Crippen LogP contribution in [0.25, 0.3) is 10.2 Å². The summed E-state index contributed by atoms with van der Waals surface area (Å²) in [6, 6.07) is 3.63. The number of thiazole rings is 1. The summed E-state index contributed by atoms with van der Waals surface area (Å²) in [5.41, 5.74) is 11.6. The fourth-order valence-electron chi connectivity index (χ4n) is 1.69. The molecule has 0 saturated carbocycles. The Labute approximate surface area is 113 Å². The molecule has 2 rings (SSSR count). The normalized spacial score (nSPS) is 14.6. The van der Waals surface area contributed by atoms with Crippen LogP contribution in [0.4, 0.5) is 5.13 Å². The summed E-state index contributed by atoms with van der Waals surface area (Å²) in [6.07, 6.45) is 0.226. The molecular weight excluding hydrogens is 270 g/mol. The van der Waals surface area contributed by atoms with E-state index < -0.39 is 11.5 Å². The minimum Gasteiger partial charge on any atom is -0.480 e. The molecule has 0 fully saturated rings. The third kappa shape index (κ3) is 2.43. The van der Waals surface area contributed by atoms with Crippen molar-refractivity contribution in [3.8, 4) is 0 Å². The first kappa shape index (κ1) is 13.1. The lowest BCUT2D eigenvalue weighted by molar-refractivity contribution is -0.142. The number of carboxylic acid groups (broad SMARTS) is 1. The fourth-order valence-corrected chi connectivity index (χ4v) is 2.92. The maximum absolute atomic E-state index is 11.0. The number of rotatable bonds is 3. The third-order valence-electron chi connectivity index (χ3n) is 2.61. The summed E-state index contributed by atoms with van der Waals surface area (Å²) in [6.45, 7) is 1.48. The van der Waals surface area contributed by atoms with Gasteiger partial charge in [0.05, 0.1) is 10.2 Å². The van der Waals surface area contributed by atoms with Crippen LogP contribution in [0.2, 0.25) is 0 Å². The Kier molecular flexibility index (Phi) is 3.22. The average molecular weight is 283 g/mol. The Balaban J connectivity index is 2.44. The molecule has 7 heteroatoms. The number of anilines is 1. The highest BCUT2D eigenvalue weighted by molar-refractivity contribution is 7.80. The number of hydrogen-bond acceptors (Lipinski definition) is 6. The number of nitrogen functional groups attached to an aromatic ring is 1. The van der Waals surface area contributed by atoms with Crippen LogP contribution in [-0.2, 0) is 11.2 Å². The van der Waals surface area contributed by atoms with E-state index in [-0.39, 0.29) is 6.42 Å². The Hall–Kier alpha value is -1.31. The molecule has 5 nitrogen and oxygen atoms in total. The summed E-state index contributed by atoms with van der Waals surface area (Å²) in [4.78, 5) is 15.8. The van der Waals surface area contributed by atoms with Gasteiger partial charge in [0.15, 0.2) is 5.13 Å². The monoisotopic (exact) mass is 283 g/mol. The zero-order chi connectivity index (χ0) is 13.5. The van der Waals surface area contributed by atoms with Crippen molar-refractivity contribution >= 4 is 45.3 Å². The number of aliphatic carboxylic acids is 1. The minimum atomic E-state index is -1.30. The van der Waals surface area contributed by atoms with Gasteiger partial charge >= 0.3 is 5.97 Å². The van der Waals surface area contributed by atoms with Crippen LogP contribution in [0.1, 0.15) is 12.5 Å². The molecule has 0 bridgehead atoms. The number of nitrogens with two attached hydrogens (primary N) is 2. The zero-order valence-corrected chi connectivity index (χ0v) is 11.4. The van der Waals surface area contributed by atoms with Crippen LogP contribution in [0.15, 0.2) is 17.0 Å². The predicted octanol–water partition coefficient (Wildman–Crippen LogP) is 1.51. The minimum absolute atomic E-state index is 0.226. The van der Waals surface area contributed by atoms with Crippen molar-refractivity contribution in [2.45, 2.75) is 23.8 Å². The molecule has 0 aliphatic rings. The van der Waals surface area contributed by atoms with Gasteiger partial charge in [-0.05, 0) is 24.6 Å². The molecule has 0 unspecified atom stereocenters. The first-order valence-corrected chi connectivity index (χ1v) is 6.46. The molecule has 0 amide bonds. The van der Waals surface area contributed by atoms with Gasteiger partial charge in [-0.3, -0.25) is 4.79 Å². The van der Waals surface area contributed by atoms with E-state index in [1.165, 1.54) is 18.3 Å². The standard InChI is InChI=1S/C11H13N3O2S2/c1-11(13,9(15)16)4-5-2-6(17)8-7(3-5)18-10(12)14-8/h2-3,17H,4,13H2,1H3,(H2,12,14)(H,15,16)/t11-/m1/s1. The number of carbonyl (C=O) groups is 1. The van der Waals surface area contributed by atoms with Crippen molar-refractivity contribution in [2.75, 3.05) is 5.73 Å². The van der Waals surface area contributed by atoms with Gasteiger partial charge in [0.25, 0.3) is 0 Å². The molecule has 0 spiro atoms. The number of hydrogen-bond donors (Lipinski definition) is 4. The second-order valence-corrected chi connectivity index (χ2v) is 5.96. The van der Waals surface area contributed by atoms with E-state index in [1.54, 1.807) is 6.07 Å². The average Bonchev–Trinajstić information content (AvgIpc) is 2.58. The van der Waals surface area contributed by atoms with Crippen molar-refractivity contribution in [3.05, 3.63) is 17.7 Å². The molecule has 96 valence electrons. The molecule has 0 radical (unpaired) electrons. The molecular formula is C11H13N3O2S2. The molecule has 2 aromatic rings. The highest BCUT2D eigenvalue weighted by Gasteiger charge is 2.28. The van der Waals surface area contributed by atoms with Gasteiger partial charge in [0.2, 0.25) is 0 Å². The lowest BCUT2D eigenvalue weighted by Gasteiger charge is -2.19. The molecule has 1 atom stereocenters. The molecule has 1 aromatic carbocycles. The van der Waals surface area contributed by atoms with E-state index in [4.69, 9.17) is 16.6 Å². The van der Waals surface area contributed by atoms with E-state index >= 15 is 0 Å². The van der Waals surface area contributed by atoms with E-state index in [0.717, 1.165) is 15.8 Å². The van der Waals surface area contributed by atoms with Crippen LogP contribution >= 0.6 is 24.0 Å². The van der Waals surface area contributed by atoms with E-state index in [9.17, 15) is 4.79 Å². The molecule has 18 heavy (non-hydrogen) atoms. The van der Waals surface area contributed by atoms with Crippen LogP contribution in [0, 0.1) is 0 Å². The molecule has 0 aliphatic carbocycles. The smallest absolute Gasteiger partial charge is 0.323 e. The van der Waals surface area contributed by atoms with Gasteiger partial charge in [0, 0.05) is 11.3 Å². The highest BCUT2D eigenvalue weighted by atomic mass is 32.1. The SMILES string of the molecule is C[C@@](N)(Cc1cc(S)c2nc(N)sc2c1)C(=O)O. The van der Waals surface area contributed by atoms with Crippen molar-refractivity contribution in [2.24, 2.45) is 5.73 Å². The highest BCUT2D eigenvalue weighted by Crippen LogP contribution is 2.30. The number of nitrogens with zero attached hydrogens (tertiary/aromatic N) is 1. The second-order valence-electron chi connectivity index (χ2n) is 4.41. The van der Waals surface area contributed by atoms with Crippen LogP contribution < -0.4 is 11.5 Å².